The Morgan fingerprint density at radius 3 is 2.45 bits per heavy atom. The highest BCUT2D eigenvalue weighted by Crippen LogP contribution is 2.34. The van der Waals surface area contributed by atoms with E-state index >= 15 is 0 Å². The van der Waals surface area contributed by atoms with Crippen molar-refractivity contribution >= 4 is 11.6 Å². The van der Waals surface area contributed by atoms with E-state index < -0.39 is 11.9 Å². The molecule has 0 aliphatic carbocycles. The first-order valence-corrected chi connectivity index (χ1v) is 6.81. The van der Waals surface area contributed by atoms with Crippen LogP contribution < -0.4 is 5.73 Å². The monoisotopic (exact) mass is 293 g/mol. The third-order valence-corrected chi connectivity index (χ3v) is 3.82. The molecule has 2 rings (SSSR count). The normalized spacial score (nSPS) is 14.1. The Kier molecular flexibility index (Phi) is 4.76. The number of halogens is 2. The van der Waals surface area contributed by atoms with Gasteiger partial charge in [-0.2, -0.15) is 0 Å². The minimum Gasteiger partial charge on any atom is -0.388 e. The molecule has 2 unspecified atom stereocenters. The Hall–Kier alpha value is -1.42. The zero-order chi connectivity index (χ0) is 14.7. The smallest absolute Gasteiger partial charge is 0.147 e. The molecular weight excluding hydrogens is 277 g/mol. The molecule has 106 valence electrons. The molecule has 0 aliphatic rings. The van der Waals surface area contributed by atoms with Gasteiger partial charge in [-0.15, -0.1) is 0 Å². The van der Waals surface area contributed by atoms with Gasteiger partial charge in [0.2, 0.25) is 0 Å². The van der Waals surface area contributed by atoms with Crippen LogP contribution in [0.4, 0.5) is 4.39 Å². The second-order valence-electron chi connectivity index (χ2n) is 4.79. The molecule has 0 radical (unpaired) electrons. The topological polar surface area (TPSA) is 46.2 Å². The second kappa shape index (κ2) is 6.35. The Labute approximate surface area is 123 Å². The van der Waals surface area contributed by atoms with Crippen molar-refractivity contribution in [3.63, 3.8) is 0 Å². The number of hydrogen-bond acceptors (Lipinski definition) is 2. The third-order valence-electron chi connectivity index (χ3n) is 3.52. The van der Waals surface area contributed by atoms with Crippen LogP contribution in [0, 0.1) is 12.7 Å². The minimum absolute atomic E-state index is 0.00195. The van der Waals surface area contributed by atoms with Crippen molar-refractivity contribution in [1.29, 1.82) is 0 Å². The van der Waals surface area contributed by atoms with E-state index in [9.17, 15) is 9.50 Å². The number of aliphatic hydroxyl groups is 1. The molecule has 20 heavy (non-hydrogen) atoms. The molecule has 0 saturated heterocycles. The van der Waals surface area contributed by atoms with Gasteiger partial charge in [0.25, 0.3) is 0 Å². The first-order valence-electron chi connectivity index (χ1n) is 6.43. The standard InChI is InChI=1S/C16H17ClFNO/c1-10-5-2-3-6-11(10)13(9-19)16(20)12-7-4-8-14(17)15(12)18/h2-8,13,16,20H,9,19H2,1H3. The predicted molar refractivity (Wildman–Crippen MR) is 79.3 cm³/mol. The van der Waals surface area contributed by atoms with Gasteiger partial charge in [-0.3, -0.25) is 0 Å². The Bertz CT molecular complexity index is 603. The molecule has 0 heterocycles. The third kappa shape index (κ3) is 2.85. The summed E-state index contributed by atoms with van der Waals surface area (Å²) >= 11 is 5.77. The summed E-state index contributed by atoms with van der Waals surface area (Å²) in [4.78, 5) is 0. The summed E-state index contributed by atoms with van der Waals surface area (Å²) in [6.45, 7) is 2.16. The largest absolute Gasteiger partial charge is 0.388 e. The van der Waals surface area contributed by atoms with Gasteiger partial charge in [-0.25, -0.2) is 4.39 Å². The van der Waals surface area contributed by atoms with E-state index in [1.807, 2.05) is 31.2 Å². The van der Waals surface area contributed by atoms with Gasteiger partial charge in [-0.05, 0) is 24.1 Å². The first-order chi connectivity index (χ1) is 9.56. The molecule has 0 aliphatic heterocycles. The molecule has 2 aromatic rings. The maximum Gasteiger partial charge on any atom is 0.147 e. The highest BCUT2D eigenvalue weighted by molar-refractivity contribution is 6.30. The zero-order valence-corrected chi connectivity index (χ0v) is 11.9. The number of aryl methyl sites for hydroxylation is 1. The lowest BCUT2D eigenvalue weighted by Crippen LogP contribution is -2.21. The highest BCUT2D eigenvalue weighted by Gasteiger charge is 2.25. The van der Waals surface area contributed by atoms with E-state index in [0.29, 0.717) is 0 Å². The number of hydrogen-bond donors (Lipinski definition) is 2. The maximum absolute atomic E-state index is 14.0. The lowest BCUT2D eigenvalue weighted by Gasteiger charge is -2.24. The van der Waals surface area contributed by atoms with Crippen molar-refractivity contribution in [3.05, 3.63) is 70.0 Å². The van der Waals surface area contributed by atoms with Gasteiger partial charge in [-0.1, -0.05) is 48.0 Å². The van der Waals surface area contributed by atoms with Crippen molar-refractivity contribution < 1.29 is 9.50 Å². The number of aliphatic hydroxyl groups excluding tert-OH is 1. The highest BCUT2D eigenvalue weighted by atomic mass is 35.5. The molecule has 0 spiro atoms. The van der Waals surface area contributed by atoms with Crippen molar-refractivity contribution in [2.45, 2.75) is 18.9 Å². The second-order valence-corrected chi connectivity index (χ2v) is 5.19. The summed E-state index contributed by atoms with van der Waals surface area (Å²) < 4.78 is 14.0. The molecule has 0 aromatic heterocycles. The first kappa shape index (κ1) is 15.0. The maximum atomic E-state index is 14.0. The van der Waals surface area contributed by atoms with Crippen LogP contribution in [0.15, 0.2) is 42.5 Å². The summed E-state index contributed by atoms with van der Waals surface area (Å²) in [5.74, 6) is -0.960. The summed E-state index contributed by atoms with van der Waals surface area (Å²) in [5.41, 5.74) is 7.90. The van der Waals surface area contributed by atoms with Gasteiger partial charge >= 0.3 is 0 Å². The molecule has 2 nitrogen and oxygen atoms in total. The fourth-order valence-corrected chi connectivity index (χ4v) is 2.58. The van der Waals surface area contributed by atoms with Crippen LogP contribution in [0.2, 0.25) is 5.02 Å². The van der Waals surface area contributed by atoms with Gasteiger partial charge in [0.05, 0.1) is 11.1 Å². The number of nitrogens with two attached hydrogens (primary N) is 1. The van der Waals surface area contributed by atoms with Gasteiger partial charge in [0.15, 0.2) is 0 Å². The molecule has 0 amide bonds. The van der Waals surface area contributed by atoms with Crippen LogP contribution >= 0.6 is 11.6 Å². The predicted octanol–water partition coefficient (Wildman–Crippen LogP) is 3.56. The van der Waals surface area contributed by atoms with E-state index in [4.69, 9.17) is 17.3 Å². The molecule has 4 heteroatoms. The molecule has 0 fully saturated rings. The van der Waals surface area contributed by atoms with Crippen LogP contribution in [-0.2, 0) is 0 Å². The van der Waals surface area contributed by atoms with E-state index in [0.717, 1.165) is 11.1 Å². The van der Waals surface area contributed by atoms with Gasteiger partial charge in [0, 0.05) is 18.0 Å². The van der Waals surface area contributed by atoms with Crippen molar-refractivity contribution in [3.8, 4) is 0 Å². The molecule has 2 atom stereocenters. The fraction of sp³-hybridized carbons (Fsp3) is 0.250. The Morgan fingerprint density at radius 2 is 1.80 bits per heavy atom. The zero-order valence-electron chi connectivity index (χ0n) is 11.2. The van der Waals surface area contributed by atoms with E-state index in [-0.39, 0.29) is 23.0 Å². The molecular formula is C16H17ClFNO. The van der Waals surface area contributed by atoms with Crippen molar-refractivity contribution in [2.75, 3.05) is 6.54 Å². The average molecular weight is 294 g/mol. The number of rotatable bonds is 4. The average Bonchev–Trinajstić information content (AvgIpc) is 2.44. The summed E-state index contributed by atoms with van der Waals surface area (Å²) in [6, 6.07) is 12.3. The Balaban J connectivity index is 2.42. The van der Waals surface area contributed by atoms with E-state index in [1.165, 1.54) is 12.1 Å². The summed E-state index contributed by atoms with van der Waals surface area (Å²) in [6.07, 6.45) is -1.03. The minimum atomic E-state index is -1.03. The molecule has 2 aromatic carbocycles. The summed E-state index contributed by atoms with van der Waals surface area (Å²) in [5, 5.41) is 10.5. The SMILES string of the molecule is Cc1ccccc1C(CN)C(O)c1cccc(Cl)c1F. The van der Waals surface area contributed by atoms with Crippen molar-refractivity contribution in [1.82, 2.24) is 0 Å². The lowest BCUT2D eigenvalue weighted by atomic mass is 9.86. The fourth-order valence-electron chi connectivity index (χ4n) is 2.39. The molecule has 0 bridgehead atoms. The van der Waals surface area contributed by atoms with Crippen LogP contribution in [0.5, 0.6) is 0 Å². The van der Waals surface area contributed by atoms with E-state index in [2.05, 4.69) is 0 Å². The Morgan fingerprint density at radius 1 is 1.15 bits per heavy atom. The molecule has 3 N–H and O–H groups in total. The van der Waals surface area contributed by atoms with Crippen LogP contribution in [-0.4, -0.2) is 11.7 Å². The van der Waals surface area contributed by atoms with Gasteiger partial charge in [0.1, 0.15) is 5.82 Å². The lowest BCUT2D eigenvalue weighted by molar-refractivity contribution is 0.143. The van der Waals surface area contributed by atoms with Gasteiger partial charge < -0.3 is 10.8 Å². The quantitative estimate of drug-likeness (QED) is 0.905. The van der Waals surface area contributed by atoms with E-state index in [1.54, 1.807) is 6.07 Å². The number of benzene rings is 2. The van der Waals surface area contributed by atoms with Crippen LogP contribution in [0.25, 0.3) is 0 Å². The summed E-state index contributed by atoms with van der Waals surface area (Å²) in [7, 11) is 0. The van der Waals surface area contributed by atoms with Crippen LogP contribution in [0.3, 0.4) is 0 Å². The molecule has 0 saturated carbocycles. The van der Waals surface area contributed by atoms with Crippen molar-refractivity contribution in [2.24, 2.45) is 5.73 Å². The van der Waals surface area contributed by atoms with Crippen LogP contribution in [0.1, 0.15) is 28.7 Å².